The smallest absolute Gasteiger partial charge is 0.338 e. The van der Waals surface area contributed by atoms with Crippen LogP contribution in [-0.4, -0.2) is 41.8 Å². The van der Waals surface area contributed by atoms with Crippen LogP contribution in [0.3, 0.4) is 0 Å². The van der Waals surface area contributed by atoms with E-state index in [0.717, 1.165) is 6.42 Å². The molecule has 2 bridgehead atoms. The van der Waals surface area contributed by atoms with E-state index in [1.807, 2.05) is 6.92 Å². The Labute approximate surface area is 144 Å². The fraction of sp³-hybridized carbons (Fsp3) is 0.389. The van der Waals surface area contributed by atoms with Crippen molar-refractivity contribution in [1.29, 1.82) is 0 Å². The minimum Gasteiger partial charge on any atom is -0.481 e. The third kappa shape index (κ3) is 3.41. The lowest BCUT2D eigenvalue weighted by molar-refractivity contribution is -0.145. The molecule has 2 aliphatic rings. The van der Waals surface area contributed by atoms with Crippen molar-refractivity contribution in [2.45, 2.75) is 25.6 Å². The molecule has 0 unspecified atom stereocenters. The minimum atomic E-state index is -1.05. The highest BCUT2D eigenvalue weighted by Gasteiger charge is 2.53. The van der Waals surface area contributed by atoms with Gasteiger partial charge in [-0.05, 0) is 30.7 Å². The van der Waals surface area contributed by atoms with Gasteiger partial charge in [-0.1, -0.05) is 19.1 Å². The molecule has 2 N–H and O–H groups in total. The van der Waals surface area contributed by atoms with Gasteiger partial charge in [-0.15, -0.1) is 0 Å². The zero-order valence-corrected chi connectivity index (χ0v) is 13.7. The van der Waals surface area contributed by atoms with E-state index in [1.54, 1.807) is 36.4 Å². The van der Waals surface area contributed by atoms with E-state index in [2.05, 4.69) is 5.32 Å². The first-order chi connectivity index (χ1) is 12.0. The first-order valence-corrected chi connectivity index (χ1v) is 8.16. The Morgan fingerprint density at radius 2 is 1.76 bits per heavy atom. The number of carbonyl (C=O) groups excluding carboxylic acids is 2. The van der Waals surface area contributed by atoms with Crippen LogP contribution in [0.1, 0.15) is 23.7 Å². The molecule has 3 rings (SSSR count). The Bertz CT molecular complexity index is 711. The highest BCUT2D eigenvalue weighted by atomic mass is 16.5. The number of hydrogen-bond donors (Lipinski definition) is 2. The van der Waals surface area contributed by atoms with Crippen molar-refractivity contribution in [3.63, 3.8) is 0 Å². The summed E-state index contributed by atoms with van der Waals surface area (Å²) in [5.74, 6) is -3.55. The summed E-state index contributed by atoms with van der Waals surface area (Å²) in [5, 5.41) is 12.0. The number of carbonyl (C=O) groups is 3. The maximum absolute atomic E-state index is 12.5. The molecule has 7 heteroatoms. The van der Waals surface area contributed by atoms with Gasteiger partial charge in [0.05, 0.1) is 30.3 Å². The summed E-state index contributed by atoms with van der Waals surface area (Å²) in [7, 11) is 0. The third-order valence-corrected chi connectivity index (χ3v) is 4.31. The average Bonchev–Trinajstić information content (AvgIpc) is 3.21. The summed E-state index contributed by atoms with van der Waals surface area (Å²) in [4.78, 5) is 35.7. The zero-order valence-electron chi connectivity index (χ0n) is 13.7. The molecule has 4 atom stereocenters. The van der Waals surface area contributed by atoms with Crippen LogP contribution in [0, 0.1) is 11.8 Å². The summed E-state index contributed by atoms with van der Waals surface area (Å²) >= 11 is 0. The molecule has 1 aromatic rings. The van der Waals surface area contributed by atoms with Gasteiger partial charge in [-0.2, -0.15) is 0 Å². The Morgan fingerprint density at radius 1 is 1.12 bits per heavy atom. The van der Waals surface area contributed by atoms with Crippen LogP contribution in [0.15, 0.2) is 36.4 Å². The van der Waals surface area contributed by atoms with Crippen LogP contribution in [-0.2, 0) is 19.1 Å². The molecular formula is C18H19NO6. The second-order valence-corrected chi connectivity index (χ2v) is 6.04. The number of fused-ring (bicyclic) bond motifs is 2. The molecule has 1 amide bonds. The molecule has 0 radical (unpaired) electrons. The third-order valence-electron chi connectivity index (χ3n) is 4.31. The van der Waals surface area contributed by atoms with Crippen molar-refractivity contribution in [2.75, 3.05) is 11.9 Å². The number of anilines is 1. The molecule has 1 fully saturated rings. The second-order valence-electron chi connectivity index (χ2n) is 6.04. The Balaban J connectivity index is 1.66. The largest absolute Gasteiger partial charge is 0.481 e. The number of carboxylic acids is 1. The van der Waals surface area contributed by atoms with E-state index in [-0.39, 0.29) is 0 Å². The van der Waals surface area contributed by atoms with Crippen LogP contribution < -0.4 is 5.32 Å². The number of amides is 1. The van der Waals surface area contributed by atoms with Gasteiger partial charge < -0.3 is 19.9 Å². The van der Waals surface area contributed by atoms with E-state index in [1.165, 1.54) is 0 Å². The first kappa shape index (κ1) is 17.2. The maximum atomic E-state index is 12.5. The molecule has 132 valence electrons. The number of esters is 1. The highest BCUT2D eigenvalue weighted by molar-refractivity contribution is 5.97. The van der Waals surface area contributed by atoms with Crippen LogP contribution in [0.5, 0.6) is 0 Å². The number of carboxylic acid groups (broad SMARTS) is 1. The lowest BCUT2D eigenvalue weighted by Gasteiger charge is -2.21. The van der Waals surface area contributed by atoms with Gasteiger partial charge >= 0.3 is 11.9 Å². The van der Waals surface area contributed by atoms with Crippen molar-refractivity contribution < 1.29 is 29.0 Å². The van der Waals surface area contributed by atoms with Gasteiger partial charge in [-0.25, -0.2) is 4.79 Å². The molecule has 7 nitrogen and oxygen atoms in total. The number of hydrogen-bond acceptors (Lipinski definition) is 5. The summed E-state index contributed by atoms with van der Waals surface area (Å²) in [6.07, 6.45) is 3.07. The standard InChI is InChI=1S/C18H19NO6/c1-2-9-24-18(23)10-3-5-11(6-4-10)19-16(20)14-12-7-8-13(25-12)15(14)17(21)22/h3-8,12-15H,2,9H2,1H3,(H,19,20)(H,21,22)/t12-,13+,14-,15-/m0/s1. The lowest BCUT2D eigenvalue weighted by atomic mass is 9.82. The topological polar surface area (TPSA) is 102 Å². The molecule has 2 aliphatic heterocycles. The van der Waals surface area contributed by atoms with Crippen LogP contribution in [0.2, 0.25) is 0 Å². The van der Waals surface area contributed by atoms with Crippen molar-refractivity contribution in [1.82, 2.24) is 0 Å². The van der Waals surface area contributed by atoms with Crippen LogP contribution >= 0.6 is 0 Å². The fourth-order valence-electron chi connectivity index (χ4n) is 3.11. The summed E-state index contributed by atoms with van der Waals surface area (Å²) < 4.78 is 10.5. The number of aliphatic carboxylic acids is 1. The van der Waals surface area contributed by atoms with Gasteiger partial charge in [0.25, 0.3) is 0 Å². The molecule has 0 saturated carbocycles. The SMILES string of the molecule is CCCOC(=O)c1ccc(NC(=O)[C@@H]2[C@@H](C(=O)O)[C@H]3C=C[C@@H]2O3)cc1. The molecule has 2 heterocycles. The normalized spacial score (nSPS) is 26.4. The van der Waals surface area contributed by atoms with Gasteiger partial charge in [0, 0.05) is 5.69 Å². The van der Waals surface area contributed by atoms with E-state index in [0.29, 0.717) is 17.9 Å². The summed E-state index contributed by atoms with van der Waals surface area (Å²) in [6, 6.07) is 6.28. The number of ether oxygens (including phenoxy) is 2. The average molecular weight is 345 g/mol. The molecule has 0 aromatic heterocycles. The Kier molecular flexibility index (Phi) is 4.85. The molecule has 0 spiro atoms. The second kappa shape index (κ2) is 7.06. The highest BCUT2D eigenvalue weighted by Crippen LogP contribution is 2.39. The fourth-order valence-corrected chi connectivity index (χ4v) is 3.11. The molecular weight excluding hydrogens is 326 g/mol. The monoisotopic (exact) mass is 345 g/mol. The zero-order chi connectivity index (χ0) is 18.0. The minimum absolute atomic E-state index is 0.353. The molecule has 1 saturated heterocycles. The van der Waals surface area contributed by atoms with Crippen LogP contribution in [0.4, 0.5) is 5.69 Å². The van der Waals surface area contributed by atoms with Gasteiger partial charge in [-0.3, -0.25) is 9.59 Å². The van der Waals surface area contributed by atoms with Crippen molar-refractivity contribution >= 4 is 23.5 Å². The quantitative estimate of drug-likeness (QED) is 0.603. The van der Waals surface area contributed by atoms with Crippen molar-refractivity contribution in [3.8, 4) is 0 Å². The molecule has 0 aliphatic carbocycles. The lowest BCUT2D eigenvalue weighted by Crippen LogP contribution is -2.39. The Hall–Kier alpha value is -2.67. The van der Waals surface area contributed by atoms with Gasteiger partial charge in [0.2, 0.25) is 5.91 Å². The first-order valence-electron chi connectivity index (χ1n) is 8.16. The van der Waals surface area contributed by atoms with Gasteiger partial charge in [0.1, 0.15) is 5.92 Å². The van der Waals surface area contributed by atoms with Crippen LogP contribution in [0.25, 0.3) is 0 Å². The predicted molar refractivity (Wildman–Crippen MR) is 88.1 cm³/mol. The van der Waals surface area contributed by atoms with Crippen molar-refractivity contribution in [2.24, 2.45) is 11.8 Å². The van der Waals surface area contributed by atoms with E-state index in [4.69, 9.17) is 9.47 Å². The van der Waals surface area contributed by atoms with Crippen molar-refractivity contribution in [3.05, 3.63) is 42.0 Å². The van der Waals surface area contributed by atoms with E-state index < -0.39 is 41.9 Å². The van der Waals surface area contributed by atoms with E-state index in [9.17, 15) is 19.5 Å². The number of nitrogens with one attached hydrogen (secondary N) is 1. The molecule has 1 aromatic carbocycles. The molecule has 25 heavy (non-hydrogen) atoms. The Morgan fingerprint density at radius 3 is 2.36 bits per heavy atom. The summed E-state index contributed by atoms with van der Waals surface area (Å²) in [6.45, 7) is 2.26. The summed E-state index contributed by atoms with van der Waals surface area (Å²) in [5.41, 5.74) is 0.869. The number of rotatable bonds is 6. The van der Waals surface area contributed by atoms with Gasteiger partial charge in [0.15, 0.2) is 0 Å². The predicted octanol–water partition coefficient (Wildman–Crippen LogP) is 1.85. The maximum Gasteiger partial charge on any atom is 0.338 e. The number of benzene rings is 1. The van der Waals surface area contributed by atoms with E-state index >= 15 is 0 Å².